The molecule has 0 aromatic heterocycles. The third-order valence-corrected chi connectivity index (χ3v) is 5.18. The van der Waals surface area contributed by atoms with E-state index in [1.54, 1.807) is 6.07 Å². The van der Waals surface area contributed by atoms with Crippen molar-refractivity contribution >= 4 is 29.3 Å². The Morgan fingerprint density at radius 3 is 2.76 bits per heavy atom. The Hall–Kier alpha value is -1.01. The molecule has 138 valence electrons. The van der Waals surface area contributed by atoms with Gasteiger partial charge in [-0.3, -0.25) is 4.90 Å². The summed E-state index contributed by atoms with van der Waals surface area (Å²) in [6.45, 7) is 6.96. The third-order valence-electron chi connectivity index (χ3n) is 4.63. The highest BCUT2D eigenvalue weighted by molar-refractivity contribution is 6.35. The highest BCUT2D eigenvalue weighted by Gasteiger charge is 2.40. The third kappa shape index (κ3) is 4.22. The van der Waals surface area contributed by atoms with Gasteiger partial charge in [0.05, 0.1) is 12.1 Å². The van der Waals surface area contributed by atoms with Gasteiger partial charge in [-0.05, 0) is 50.5 Å². The van der Waals surface area contributed by atoms with Crippen LogP contribution in [0.25, 0.3) is 0 Å². The van der Waals surface area contributed by atoms with Gasteiger partial charge in [-0.1, -0.05) is 23.2 Å². The van der Waals surface area contributed by atoms with Crippen LogP contribution in [0.3, 0.4) is 0 Å². The number of carbonyl (C=O) groups is 1. The van der Waals surface area contributed by atoms with Crippen molar-refractivity contribution in [2.75, 3.05) is 13.1 Å². The van der Waals surface area contributed by atoms with Crippen LogP contribution in [0.5, 0.6) is 0 Å². The average molecular weight is 387 g/mol. The zero-order chi connectivity index (χ0) is 18.4. The number of hydrogen-bond donors (Lipinski definition) is 2. The largest absolute Gasteiger partial charge is 0.444 e. The summed E-state index contributed by atoms with van der Waals surface area (Å²) in [6, 6.07) is 3.46. The smallest absolute Gasteiger partial charge is 0.407 e. The zero-order valence-corrected chi connectivity index (χ0v) is 16.2. The lowest BCUT2D eigenvalue weighted by Gasteiger charge is -2.28. The molecule has 1 fully saturated rings. The van der Waals surface area contributed by atoms with E-state index in [1.807, 2.05) is 26.8 Å². The molecule has 1 aromatic rings. The lowest BCUT2D eigenvalue weighted by Crippen LogP contribution is -2.41. The number of halogens is 2. The molecule has 3 rings (SSSR count). The number of nitrogens with zero attached hydrogens (tertiary/aromatic N) is 1. The molecule has 1 aliphatic carbocycles. The van der Waals surface area contributed by atoms with E-state index >= 15 is 0 Å². The maximum atomic E-state index is 12.0. The van der Waals surface area contributed by atoms with Crippen molar-refractivity contribution < 1.29 is 14.6 Å². The monoisotopic (exact) mass is 386 g/mol. The fourth-order valence-corrected chi connectivity index (χ4v) is 4.29. The lowest BCUT2D eigenvalue weighted by molar-refractivity contribution is 0.0494. The fraction of sp³-hybridized carbons (Fsp3) is 0.611. The molecule has 2 N–H and O–H groups in total. The Morgan fingerprint density at radius 2 is 2.08 bits per heavy atom. The van der Waals surface area contributed by atoms with Crippen molar-refractivity contribution in [1.82, 2.24) is 10.2 Å². The number of likely N-dealkylation sites (tertiary alicyclic amines) is 1. The topological polar surface area (TPSA) is 61.8 Å². The highest BCUT2D eigenvalue weighted by atomic mass is 35.5. The van der Waals surface area contributed by atoms with E-state index in [9.17, 15) is 9.90 Å². The van der Waals surface area contributed by atoms with E-state index in [2.05, 4.69) is 10.2 Å². The quantitative estimate of drug-likeness (QED) is 0.815. The van der Waals surface area contributed by atoms with Crippen LogP contribution in [-0.4, -0.2) is 46.9 Å². The molecule has 1 heterocycles. The normalized spacial score (nSPS) is 26.6. The summed E-state index contributed by atoms with van der Waals surface area (Å²) in [5.74, 6) is 0. The van der Waals surface area contributed by atoms with E-state index in [1.165, 1.54) is 0 Å². The Bertz CT molecular complexity index is 675. The highest BCUT2D eigenvalue weighted by Crippen LogP contribution is 2.42. The molecule has 1 saturated heterocycles. The van der Waals surface area contributed by atoms with Crippen LogP contribution in [0.2, 0.25) is 10.0 Å². The second-order valence-corrected chi connectivity index (χ2v) is 8.64. The van der Waals surface area contributed by atoms with Gasteiger partial charge in [-0.2, -0.15) is 0 Å². The van der Waals surface area contributed by atoms with Crippen LogP contribution < -0.4 is 5.32 Å². The number of amides is 1. The number of benzene rings is 1. The summed E-state index contributed by atoms with van der Waals surface area (Å²) < 4.78 is 5.32. The molecule has 5 nitrogen and oxygen atoms in total. The molecule has 1 aromatic carbocycles. The second kappa shape index (κ2) is 6.95. The molecule has 1 unspecified atom stereocenters. The molecule has 3 atom stereocenters. The van der Waals surface area contributed by atoms with Crippen molar-refractivity contribution in [3.8, 4) is 0 Å². The standard InChI is InChI=1S/C18H24Cl2N2O3/c1-18(2,3)25-17(24)21-11-4-5-22(9-11)16-13-6-10(19)7-14(20)12(13)8-15(16)23/h6-7,11,15-16,23H,4-5,8-9H2,1-3H3,(H,21,24)/t11-,15?,16-/m1/s1. The van der Waals surface area contributed by atoms with Crippen molar-refractivity contribution in [1.29, 1.82) is 0 Å². The summed E-state index contributed by atoms with van der Waals surface area (Å²) in [5.41, 5.74) is 1.44. The molecule has 0 spiro atoms. The summed E-state index contributed by atoms with van der Waals surface area (Å²) in [5, 5.41) is 14.6. The first-order chi connectivity index (χ1) is 11.6. The second-order valence-electron chi connectivity index (χ2n) is 7.80. The Kier molecular flexibility index (Phi) is 5.22. The van der Waals surface area contributed by atoms with Crippen molar-refractivity contribution in [3.63, 3.8) is 0 Å². The lowest BCUT2D eigenvalue weighted by atomic mass is 10.1. The Labute approximate surface area is 158 Å². The molecule has 1 aliphatic heterocycles. The maximum Gasteiger partial charge on any atom is 0.407 e. The minimum atomic E-state index is -0.522. The minimum Gasteiger partial charge on any atom is -0.444 e. The number of carbonyl (C=O) groups excluding carboxylic acids is 1. The van der Waals surface area contributed by atoms with Gasteiger partial charge in [0.25, 0.3) is 0 Å². The predicted molar refractivity (Wildman–Crippen MR) is 98.3 cm³/mol. The van der Waals surface area contributed by atoms with Gasteiger partial charge in [0.2, 0.25) is 0 Å². The molecule has 0 bridgehead atoms. The number of ether oxygens (including phenoxy) is 1. The Balaban J connectivity index is 1.68. The van der Waals surface area contributed by atoms with Crippen LogP contribution >= 0.6 is 23.2 Å². The van der Waals surface area contributed by atoms with E-state index < -0.39 is 17.8 Å². The summed E-state index contributed by atoms with van der Waals surface area (Å²) in [7, 11) is 0. The molecule has 2 aliphatic rings. The number of aliphatic hydroxyl groups is 1. The molecular weight excluding hydrogens is 363 g/mol. The van der Waals surface area contributed by atoms with Gasteiger partial charge >= 0.3 is 6.09 Å². The SMILES string of the molecule is CC(C)(C)OC(=O)N[C@@H]1CCN([C@@H]2c3cc(Cl)cc(Cl)c3CC2O)C1. The van der Waals surface area contributed by atoms with Crippen LogP contribution in [0, 0.1) is 0 Å². The van der Waals surface area contributed by atoms with Crippen LogP contribution in [0.15, 0.2) is 12.1 Å². The molecule has 0 saturated carbocycles. The van der Waals surface area contributed by atoms with Gasteiger partial charge in [0.1, 0.15) is 5.60 Å². The zero-order valence-electron chi connectivity index (χ0n) is 14.7. The number of aliphatic hydroxyl groups excluding tert-OH is 1. The van der Waals surface area contributed by atoms with Crippen LogP contribution in [0.4, 0.5) is 4.79 Å². The number of alkyl carbamates (subject to hydrolysis) is 1. The number of hydrogen-bond acceptors (Lipinski definition) is 4. The summed E-state index contributed by atoms with van der Waals surface area (Å²) in [4.78, 5) is 14.1. The Morgan fingerprint density at radius 1 is 1.36 bits per heavy atom. The average Bonchev–Trinajstić information content (AvgIpc) is 3.00. The fourth-order valence-electron chi connectivity index (χ4n) is 3.70. The first kappa shape index (κ1) is 18.8. The summed E-state index contributed by atoms with van der Waals surface area (Å²) in [6.07, 6.45) is 0.409. The number of rotatable bonds is 2. The minimum absolute atomic E-state index is 0.000700. The van der Waals surface area contributed by atoms with Crippen LogP contribution in [0.1, 0.15) is 44.4 Å². The van der Waals surface area contributed by atoms with Gasteiger partial charge in [-0.15, -0.1) is 0 Å². The number of nitrogens with one attached hydrogen (secondary N) is 1. The van der Waals surface area contributed by atoms with Gasteiger partial charge in [-0.25, -0.2) is 4.79 Å². The van der Waals surface area contributed by atoms with Crippen molar-refractivity contribution in [3.05, 3.63) is 33.3 Å². The van der Waals surface area contributed by atoms with E-state index in [-0.39, 0.29) is 12.1 Å². The van der Waals surface area contributed by atoms with Gasteiger partial charge in [0.15, 0.2) is 0 Å². The molecule has 25 heavy (non-hydrogen) atoms. The number of fused-ring (bicyclic) bond motifs is 1. The summed E-state index contributed by atoms with van der Waals surface area (Å²) >= 11 is 12.4. The predicted octanol–water partition coefficient (Wildman–Crippen LogP) is 3.55. The first-order valence-corrected chi connectivity index (χ1v) is 9.29. The van der Waals surface area contributed by atoms with E-state index in [0.717, 1.165) is 24.1 Å². The van der Waals surface area contributed by atoms with E-state index in [4.69, 9.17) is 27.9 Å². The first-order valence-electron chi connectivity index (χ1n) is 8.53. The molecule has 1 amide bonds. The van der Waals surface area contributed by atoms with Gasteiger partial charge < -0.3 is 15.2 Å². The van der Waals surface area contributed by atoms with Crippen LogP contribution in [-0.2, 0) is 11.2 Å². The van der Waals surface area contributed by atoms with E-state index in [0.29, 0.717) is 23.0 Å². The maximum absolute atomic E-state index is 12.0. The van der Waals surface area contributed by atoms with Crippen molar-refractivity contribution in [2.24, 2.45) is 0 Å². The van der Waals surface area contributed by atoms with Gasteiger partial charge in [0, 0.05) is 35.6 Å². The molecular formula is C18H24Cl2N2O3. The molecule has 0 radical (unpaired) electrons. The van der Waals surface area contributed by atoms with Crippen molar-refractivity contribution in [2.45, 2.75) is 57.4 Å². The molecule has 7 heteroatoms.